The molecule has 1 aliphatic heterocycles. The Labute approximate surface area is 219 Å². The van der Waals surface area contributed by atoms with Gasteiger partial charge in [-0.2, -0.15) is 17.5 Å². The molecule has 6 nitrogen and oxygen atoms in total. The van der Waals surface area contributed by atoms with Crippen LogP contribution in [0.5, 0.6) is 0 Å². The minimum Gasteiger partial charge on any atom is -0.368 e. The summed E-state index contributed by atoms with van der Waals surface area (Å²) >= 11 is 1.35. The molecule has 2 aromatic carbocycles. The molecule has 0 spiro atoms. The van der Waals surface area contributed by atoms with E-state index in [1.165, 1.54) is 29.2 Å². The SMILES string of the molecule is Cc1ccc(Cc2nsc(N(CCC(=O)N3CCN(c4cccc(C(F)(F)F)c4)CC3)C(C)C)n2)cc1. The molecule has 198 valence electrons. The Morgan fingerprint density at radius 3 is 2.43 bits per heavy atom. The predicted molar refractivity (Wildman–Crippen MR) is 141 cm³/mol. The average molecular weight is 532 g/mol. The summed E-state index contributed by atoms with van der Waals surface area (Å²) in [5, 5.41) is 0.805. The zero-order chi connectivity index (χ0) is 26.6. The van der Waals surface area contributed by atoms with Crippen molar-refractivity contribution in [2.45, 2.75) is 45.8 Å². The standard InChI is InChI=1S/C27H32F3N5OS/c1-19(2)35(26-31-24(32-37-26)17-21-9-7-20(3)8-10-21)12-11-25(36)34-15-13-33(14-16-34)23-6-4-5-22(18-23)27(28,29)30/h4-10,18-19H,11-17H2,1-3H3. The number of hydrogen-bond acceptors (Lipinski definition) is 6. The number of aromatic nitrogens is 2. The smallest absolute Gasteiger partial charge is 0.368 e. The normalized spacial score (nSPS) is 14.4. The van der Waals surface area contributed by atoms with Gasteiger partial charge in [-0.25, -0.2) is 4.98 Å². The summed E-state index contributed by atoms with van der Waals surface area (Å²) in [7, 11) is 0. The first-order chi connectivity index (χ1) is 17.6. The van der Waals surface area contributed by atoms with E-state index in [1.54, 1.807) is 11.0 Å². The van der Waals surface area contributed by atoms with Gasteiger partial charge in [-0.15, -0.1) is 0 Å². The van der Waals surface area contributed by atoms with E-state index >= 15 is 0 Å². The van der Waals surface area contributed by atoms with Gasteiger partial charge >= 0.3 is 6.18 Å². The summed E-state index contributed by atoms with van der Waals surface area (Å²) in [6.07, 6.45) is -3.36. The van der Waals surface area contributed by atoms with Gasteiger partial charge in [0.15, 0.2) is 0 Å². The van der Waals surface area contributed by atoms with E-state index in [0.717, 1.165) is 22.6 Å². The Kier molecular flexibility index (Phi) is 8.36. The van der Waals surface area contributed by atoms with Crippen molar-refractivity contribution < 1.29 is 18.0 Å². The molecule has 0 bridgehead atoms. The Morgan fingerprint density at radius 1 is 1.08 bits per heavy atom. The fourth-order valence-electron chi connectivity index (χ4n) is 4.36. The van der Waals surface area contributed by atoms with Crippen LogP contribution in [0.3, 0.4) is 0 Å². The minimum absolute atomic E-state index is 0.0405. The molecule has 1 aromatic heterocycles. The maximum absolute atomic E-state index is 13.1. The van der Waals surface area contributed by atoms with E-state index in [2.05, 4.69) is 54.3 Å². The van der Waals surface area contributed by atoms with Crippen molar-refractivity contribution >= 4 is 28.3 Å². The summed E-state index contributed by atoms with van der Waals surface area (Å²) < 4.78 is 43.7. The molecule has 0 radical (unpaired) electrons. The molecule has 3 aromatic rings. The molecule has 0 saturated carbocycles. The highest BCUT2D eigenvalue weighted by molar-refractivity contribution is 7.09. The van der Waals surface area contributed by atoms with Gasteiger partial charge in [0.2, 0.25) is 11.0 Å². The molecule has 2 heterocycles. The molecule has 0 atom stereocenters. The number of nitrogens with zero attached hydrogens (tertiary/aromatic N) is 5. The van der Waals surface area contributed by atoms with Crippen LogP contribution in [0.15, 0.2) is 48.5 Å². The molecule has 0 unspecified atom stereocenters. The number of hydrogen-bond donors (Lipinski definition) is 0. The predicted octanol–water partition coefficient (Wildman–Crippen LogP) is 5.41. The number of piperazine rings is 1. The monoisotopic (exact) mass is 531 g/mol. The summed E-state index contributed by atoms with van der Waals surface area (Å²) in [6.45, 7) is 8.69. The Bertz CT molecular complexity index is 1190. The lowest BCUT2D eigenvalue weighted by Gasteiger charge is -2.37. The first kappa shape index (κ1) is 26.9. The highest BCUT2D eigenvalue weighted by Crippen LogP contribution is 2.32. The lowest BCUT2D eigenvalue weighted by Crippen LogP contribution is -2.49. The van der Waals surface area contributed by atoms with Crippen molar-refractivity contribution in [3.05, 3.63) is 71.0 Å². The van der Waals surface area contributed by atoms with Crippen LogP contribution in [0, 0.1) is 6.92 Å². The second kappa shape index (κ2) is 11.5. The molecule has 4 rings (SSSR count). The fraction of sp³-hybridized carbons (Fsp3) is 0.444. The first-order valence-electron chi connectivity index (χ1n) is 12.4. The maximum Gasteiger partial charge on any atom is 0.416 e. The van der Waals surface area contributed by atoms with Crippen LogP contribution in [0.4, 0.5) is 24.0 Å². The molecule has 1 aliphatic rings. The summed E-state index contributed by atoms with van der Waals surface area (Å²) in [5.74, 6) is 0.810. The van der Waals surface area contributed by atoms with Gasteiger partial charge < -0.3 is 14.7 Å². The molecule has 0 N–H and O–H groups in total. The van der Waals surface area contributed by atoms with E-state index in [1.807, 2.05) is 4.90 Å². The van der Waals surface area contributed by atoms with Crippen LogP contribution in [0.2, 0.25) is 0 Å². The lowest BCUT2D eigenvalue weighted by atomic mass is 10.1. The van der Waals surface area contributed by atoms with Crippen LogP contribution >= 0.6 is 11.5 Å². The third-order valence-corrected chi connectivity index (χ3v) is 7.34. The van der Waals surface area contributed by atoms with Crippen molar-refractivity contribution in [1.29, 1.82) is 0 Å². The molecule has 37 heavy (non-hydrogen) atoms. The number of rotatable bonds is 8. The van der Waals surface area contributed by atoms with Gasteiger partial charge in [-0.05, 0) is 44.5 Å². The number of aryl methyl sites for hydroxylation is 1. The summed E-state index contributed by atoms with van der Waals surface area (Å²) in [6, 6.07) is 13.8. The zero-order valence-corrected chi connectivity index (χ0v) is 22.1. The van der Waals surface area contributed by atoms with E-state index in [0.29, 0.717) is 51.3 Å². The minimum atomic E-state index is -4.37. The van der Waals surface area contributed by atoms with Crippen molar-refractivity contribution in [3.63, 3.8) is 0 Å². The van der Waals surface area contributed by atoms with Crippen LogP contribution in [-0.4, -0.2) is 58.9 Å². The van der Waals surface area contributed by atoms with Crippen molar-refractivity contribution in [2.24, 2.45) is 0 Å². The lowest BCUT2D eigenvalue weighted by molar-refractivity contribution is -0.137. The number of alkyl halides is 3. The number of halogens is 3. The van der Waals surface area contributed by atoms with Crippen molar-refractivity contribution in [3.8, 4) is 0 Å². The van der Waals surface area contributed by atoms with Gasteiger partial charge in [0.1, 0.15) is 5.82 Å². The molecule has 10 heteroatoms. The molecular weight excluding hydrogens is 499 g/mol. The number of anilines is 2. The highest BCUT2D eigenvalue weighted by atomic mass is 32.1. The second-order valence-corrected chi connectivity index (χ2v) is 10.3. The third-order valence-electron chi connectivity index (χ3n) is 6.55. The molecule has 0 aliphatic carbocycles. The van der Waals surface area contributed by atoms with E-state index in [9.17, 15) is 18.0 Å². The topological polar surface area (TPSA) is 52.6 Å². The van der Waals surface area contributed by atoms with Crippen molar-refractivity contribution in [1.82, 2.24) is 14.3 Å². The molecule has 1 fully saturated rings. The number of benzene rings is 2. The van der Waals surface area contributed by atoms with Gasteiger partial charge in [-0.3, -0.25) is 4.79 Å². The summed E-state index contributed by atoms with van der Waals surface area (Å²) in [5.41, 5.74) is 2.25. The van der Waals surface area contributed by atoms with Gasteiger partial charge in [0, 0.05) is 68.8 Å². The fourth-order valence-corrected chi connectivity index (χ4v) is 5.21. The Balaban J connectivity index is 1.30. The number of amides is 1. The van der Waals surface area contributed by atoms with Crippen LogP contribution in [0.25, 0.3) is 0 Å². The molecule has 1 amide bonds. The van der Waals surface area contributed by atoms with Gasteiger partial charge in [0.25, 0.3) is 0 Å². The largest absolute Gasteiger partial charge is 0.416 e. The van der Waals surface area contributed by atoms with Gasteiger partial charge in [0.05, 0.1) is 5.56 Å². The van der Waals surface area contributed by atoms with Crippen LogP contribution in [0.1, 0.15) is 42.8 Å². The second-order valence-electron chi connectivity index (χ2n) is 9.61. The third kappa shape index (κ3) is 7.00. The van der Waals surface area contributed by atoms with Crippen molar-refractivity contribution in [2.75, 3.05) is 42.5 Å². The van der Waals surface area contributed by atoms with Crippen LogP contribution < -0.4 is 9.80 Å². The quantitative estimate of drug-likeness (QED) is 0.389. The first-order valence-corrected chi connectivity index (χ1v) is 13.2. The Morgan fingerprint density at radius 2 is 1.78 bits per heavy atom. The van der Waals surface area contributed by atoms with Gasteiger partial charge in [-0.1, -0.05) is 35.9 Å². The van der Waals surface area contributed by atoms with E-state index in [4.69, 9.17) is 4.98 Å². The zero-order valence-electron chi connectivity index (χ0n) is 21.3. The summed E-state index contributed by atoms with van der Waals surface area (Å²) in [4.78, 5) is 23.5. The average Bonchev–Trinajstić information content (AvgIpc) is 3.33. The molecule has 1 saturated heterocycles. The highest BCUT2D eigenvalue weighted by Gasteiger charge is 2.31. The van der Waals surface area contributed by atoms with Crippen LogP contribution in [-0.2, 0) is 17.4 Å². The molecular formula is C27H32F3N5OS. The number of carbonyl (C=O) groups excluding carboxylic acids is 1. The Hall–Kier alpha value is -3.14. The van der Waals surface area contributed by atoms with E-state index < -0.39 is 11.7 Å². The van der Waals surface area contributed by atoms with E-state index in [-0.39, 0.29) is 11.9 Å². The maximum atomic E-state index is 13.1. The number of carbonyl (C=O) groups is 1.